The standard InChI is InChI=1S/C21H26FN5O3/c1-25-9-8-23-19(25)18(15-4-6-16(22)7-5-15)24-21(29)27-12-10-26(11-13-27)20(28)17-3-2-14-30-17/h4-9,17-18H,2-3,10-14H2,1H3,(H,24,29). The molecular formula is C21H26FN5O3. The largest absolute Gasteiger partial charge is 0.368 e. The molecule has 8 nitrogen and oxygen atoms in total. The number of ether oxygens (including phenoxy) is 1. The van der Waals surface area contributed by atoms with E-state index >= 15 is 0 Å². The number of aryl methyl sites for hydroxylation is 1. The molecule has 2 saturated heterocycles. The number of nitrogens with zero attached hydrogens (tertiary/aromatic N) is 4. The van der Waals surface area contributed by atoms with Crippen molar-refractivity contribution in [1.29, 1.82) is 0 Å². The van der Waals surface area contributed by atoms with Gasteiger partial charge in [-0.1, -0.05) is 12.1 Å². The molecule has 3 heterocycles. The lowest BCUT2D eigenvalue weighted by Gasteiger charge is -2.36. The normalized spacial score (nSPS) is 20.3. The Morgan fingerprint density at radius 1 is 1.17 bits per heavy atom. The summed E-state index contributed by atoms with van der Waals surface area (Å²) in [4.78, 5) is 33.3. The van der Waals surface area contributed by atoms with Crippen LogP contribution >= 0.6 is 0 Å². The third-order valence-corrected chi connectivity index (χ3v) is 5.67. The first-order valence-electron chi connectivity index (χ1n) is 10.2. The van der Waals surface area contributed by atoms with E-state index < -0.39 is 6.04 Å². The third-order valence-electron chi connectivity index (χ3n) is 5.67. The van der Waals surface area contributed by atoms with Crippen molar-refractivity contribution < 1.29 is 18.7 Å². The Bertz CT molecular complexity index is 886. The summed E-state index contributed by atoms with van der Waals surface area (Å²) in [6.07, 6.45) is 4.80. The number of benzene rings is 1. The molecule has 2 aromatic rings. The van der Waals surface area contributed by atoms with Crippen molar-refractivity contribution in [3.63, 3.8) is 0 Å². The van der Waals surface area contributed by atoms with E-state index in [4.69, 9.17) is 4.74 Å². The van der Waals surface area contributed by atoms with Crippen molar-refractivity contribution in [2.45, 2.75) is 25.0 Å². The van der Waals surface area contributed by atoms with Gasteiger partial charge < -0.3 is 24.4 Å². The van der Waals surface area contributed by atoms with Gasteiger partial charge in [0.15, 0.2) is 0 Å². The molecule has 0 bridgehead atoms. The summed E-state index contributed by atoms with van der Waals surface area (Å²) in [5.74, 6) is 0.336. The van der Waals surface area contributed by atoms with Crippen LogP contribution in [0.25, 0.3) is 0 Å². The summed E-state index contributed by atoms with van der Waals surface area (Å²) in [5.41, 5.74) is 0.742. The van der Waals surface area contributed by atoms with Crippen LogP contribution in [0.2, 0.25) is 0 Å². The van der Waals surface area contributed by atoms with E-state index in [2.05, 4.69) is 10.3 Å². The first-order chi connectivity index (χ1) is 14.5. The fraction of sp³-hybridized carbons (Fsp3) is 0.476. The second-order valence-electron chi connectivity index (χ2n) is 7.64. The number of carbonyl (C=O) groups excluding carboxylic acids is 2. The molecule has 2 atom stereocenters. The monoisotopic (exact) mass is 415 g/mol. The van der Waals surface area contributed by atoms with Crippen LogP contribution in [0.1, 0.15) is 30.3 Å². The van der Waals surface area contributed by atoms with Gasteiger partial charge in [-0.05, 0) is 30.5 Å². The molecule has 2 unspecified atom stereocenters. The minimum atomic E-state index is -0.510. The van der Waals surface area contributed by atoms with E-state index in [1.165, 1.54) is 12.1 Å². The fourth-order valence-corrected chi connectivity index (χ4v) is 3.93. The van der Waals surface area contributed by atoms with E-state index in [1.54, 1.807) is 34.3 Å². The predicted octanol–water partition coefficient (Wildman–Crippen LogP) is 1.68. The number of carbonyl (C=O) groups is 2. The predicted molar refractivity (Wildman–Crippen MR) is 107 cm³/mol. The Kier molecular flexibility index (Phi) is 5.98. The van der Waals surface area contributed by atoms with Gasteiger partial charge in [-0.25, -0.2) is 14.2 Å². The highest BCUT2D eigenvalue weighted by Crippen LogP contribution is 2.22. The maximum absolute atomic E-state index is 13.4. The first-order valence-corrected chi connectivity index (χ1v) is 10.2. The average Bonchev–Trinajstić information content (AvgIpc) is 3.44. The summed E-state index contributed by atoms with van der Waals surface area (Å²) < 4.78 is 20.7. The Morgan fingerprint density at radius 3 is 2.47 bits per heavy atom. The zero-order valence-corrected chi connectivity index (χ0v) is 17.0. The highest BCUT2D eigenvalue weighted by molar-refractivity contribution is 5.82. The van der Waals surface area contributed by atoms with Gasteiger partial charge in [0.25, 0.3) is 5.91 Å². The maximum Gasteiger partial charge on any atom is 0.318 e. The summed E-state index contributed by atoms with van der Waals surface area (Å²) in [7, 11) is 1.85. The van der Waals surface area contributed by atoms with E-state index in [9.17, 15) is 14.0 Å². The van der Waals surface area contributed by atoms with E-state index in [0.29, 0.717) is 38.6 Å². The van der Waals surface area contributed by atoms with Crippen LogP contribution in [0.5, 0.6) is 0 Å². The summed E-state index contributed by atoms with van der Waals surface area (Å²) >= 11 is 0. The summed E-state index contributed by atoms with van der Waals surface area (Å²) in [5, 5.41) is 3.02. The molecule has 160 valence electrons. The van der Waals surface area contributed by atoms with Gasteiger partial charge in [0.2, 0.25) is 0 Å². The number of halogens is 1. The Balaban J connectivity index is 1.41. The first kappa shape index (κ1) is 20.3. The van der Waals surface area contributed by atoms with Crippen LogP contribution in [0.15, 0.2) is 36.7 Å². The lowest BCUT2D eigenvalue weighted by atomic mass is 10.1. The minimum absolute atomic E-state index is 0.0183. The molecule has 0 radical (unpaired) electrons. The van der Waals surface area contributed by atoms with Crippen LogP contribution in [-0.2, 0) is 16.6 Å². The van der Waals surface area contributed by atoms with Crippen molar-refractivity contribution in [3.05, 3.63) is 53.9 Å². The zero-order valence-electron chi connectivity index (χ0n) is 17.0. The molecule has 1 aromatic heterocycles. The highest BCUT2D eigenvalue weighted by Gasteiger charge is 2.32. The fourth-order valence-electron chi connectivity index (χ4n) is 3.93. The third kappa shape index (κ3) is 4.30. The number of piperazine rings is 1. The zero-order chi connectivity index (χ0) is 21.1. The van der Waals surface area contributed by atoms with Crippen molar-refractivity contribution in [3.8, 4) is 0 Å². The van der Waals surface area contributed by atoms with Crippen molar-refractivity contribution in [2.75, 3.05) is 32.8 Å². The molecule has 4 rings (SSSR count). The lowest BCUT2D eigenvalue weighted by Crippen LogP contribution is -2.55. The van der Waals surface area contributed by atoms with E-state index in [1.807, 2.05) is 11.6 Å². The molecule has 1 N–H and O–H groups in total. The van der Waals surface area contributed by atoms with Crippen molar-refractivity contribution in [2.24, 2.45) is 7.05 Å². The van der Waals surface area contributed by atoms with E-state index in [-0.39, 0.29) is 23.9 Å². The van der Waals surface area contributed by atoms with Crippen LogP contribution in [0.4, 0.5) is 9.18 Å². The van der Waals surface area contributed by atoms with E-state index in [0.717, 1.165) is 18.4 Å². The molecule has 30 heavy (non-hydrogen) atoms. The Hall–Kier alpha value is -2.94. The van der Waals surface area contributed by atoms with Gasteiger partial charge in [-0.15, -0.1) is 0 Å². The molecule has 1 aromatic carbocycles. The number of amides is 3. The van der Waals surface area contributed by atoms with Gasteiger partial charge in [-0.3, -0.25) is 4.79 Å². The van der Waals surface area contributed by atoms with Gasteiger partial charge >= 0.3 is 6.03 Å². The molecule has 2 fully saturated rings. The number of aromatic nitrogens is 2. The summed E-state index contributed by atoms with van der Waals surface area (Å²) in [6, 6.07) is 5.28. The Labute approximate surface area is 174 Å². The molecule has 2 aliphatic heterocycles. The topological polar surface area (TPSA) is 79.7 Å². The molecule has 0 aliphatic carbocycles. The number of rotatable bonds is 4. The van der Waals surface area contributed by atoms with Gasteiger partial charge in [0.1, 0.15) is 23.8 Å². The van der Waals surface area contributed by atoms with Crippen LogP contribution in [0.3, 0.4) is 0 Å². The Morgan fingerprint density at radius 2 is 1.87 bits per heavy atom. The second kappa shape index (κ2) is 8.83. The number of hydrogen-bond acceptors (Lipinski definition) is 4. The number of hydrogen-bond donors (Lipinski definition) is 1. The quantitative estimate of drug-likeness (QED) is 0.824. The second-order valence-corrected chi connectivity index (χ2v) is 7.64. The van der Waals surface area contributed by atoms with Gasteiger partial charge in [0, 0.05) is 52.2 Å². The molecular weight excluding hydrogens is 389 g/mol. The molecule has 2 aliphatic rings. The molecule has 0 spiro atoms. The lowest BCUT2D eigenvalue weighted by molar-refractivity contribution is -0.142. The summed E-state index contributed by atoms with van der Waals surface area (Å²) in [6.45, 7) is 2.49. The molecule has 0 saturated carbocycles. The maximum atomic E-state index is 13.4. The average molecular weight is 415 g/mol. The van der Waals surface area contributed by atoms with Gasteiger partial charge in [-0.2, -0.15) is 0 Å². The minimum Gasteiger partial charge on any atom is -0.368 e. The van der Waals surface area contributed by atoms with Gasteiger partial charge in [0.05, 0.1) is 0 Å². The number of urea groups is 1. The van der Waals surface area contributed by atoms with Crippen LogP contribution < -0.4 is 5.32 Å². The number of imidazole rings is 1. The highest BCUT2D eigenvalue weighted by atomic mass is 19.1. The molecule has 9 heteroatoms. The molecule has 3 amide bonds. The van der Waals surface area contributed by atoms with Crippen molar-refractivity contribution >= 4 is 11.9 Å². The SMILES string of the molecule is Cn1ccnc1C(NC(=O)N1CCN(C(=O)C2CCCO2)CC1)c1ccc(F)cc1. The van der Waals surface area contributed by atoms with Crippen LogP contribution in [-0.4, -0.2) is 70.2 Å². The van der Waals surface area contributed by atoms with Crippen molar-refractivity contribution in [1.82, 2.24) is 24.7 Å². The number of nitrogens with one attached hydrogen (secondary N) is 1. The smallest absolute Gasteiger partial charge is 0.318 e. The van der Waals surface area contributed by atoms with Crippen LogP contribution in [0, 0.1) is 5.82 Å².